The van der Waals surface area contributed by atoms with Gasteiger partial charge in [-0.25, -0.2) is 4.98 Å². The van der Waals surface area contributed by atoms with E-state index in [0.717, 1.165) is 29.1 Å². The number of aromatic nitrogens is 1. The molecule has 3 nitrogen and oxygen atoms in total. The largest absolute Gasteiger partial charge is 0.351 e. The van der Waals surface area contributed by atoms with Crippen molar-refractivity contribution in [2.24, 2.45) is 0 Å². The van der Waals surface area contributed by atoms with E-state index in [1.54, 1.807) is 0 Å². The summed E-state index contributed by atoms with van der Waals surface area (Å²) in [6, 6.07) is 0. The highest BCUT2D eigenvalue weighted by atomic mass is 32.1. The molecule has 0 bridgehead atoms. The lowest BCUT2D eigenvalue weighted by molar-refractivity contribution is 0.0948. The molecule has 0 unspecified atom stereocenters. The fourth-order valence-electron chi connectivity index (χ4n) is 2.51. The highest BCUT2D eigenvalue weighted by Gasteiger charge is 2.11. The smallest absolute Gasteiger partial charge is 0.270 e. The first kappa shape index (κ1) is 21.4. The Morgan fingerprint density at radius 2 is 1.92 bits per heavy atom. The first-order valence-electron chi connectivity index (χ1n) is 9.32. The van der Waals surface area contributed by atoms with Crippen molar-refractivity contribution >= 4 is 22.8 Å². The molecule has 138 valence electrons. The number of hydrogen-bond acceptors (Lipinski definition) is 3. The van der Waals surface area contributed by atoms with Crippen LogP contribution in [0.1, 0.15) is 81.2 Å². The van der Waals surface area contributed by atoms with Gasteiger partial charge in [-0.05, 0) is 26.3 Å². The summed E-state index contributed by atoms with van der Waals surface area (Å²) in [6.07, 6.45) is 14.7. The van der Waals surface area contributed by atoms with Crippen LogP contribution in [0.15, 0.2) is 35.8 Å². The van der Waals surface area contributed by atoms with E-state index in [0.29, 0.717) is 5.69 Å². The Hall–Kier alpha value is -1.68. The third kappa shape index (κ3) is 8.82. The van der Waals surface area contributed by atoms with E-state index in [2.05, 4.69) is 23.8 Å². The van der Waals surface area contributed by atoms with Crippen LogP contribution in [0.2, 0.25) is 0 Å². The molecule has 1 heterocycles. The number of carbonyl (C=O) groups is 1. The molecular formula is C21H32N2OS. The zero-order valence-electron chi connectivity index (χ0n) is 15.9. The zero-order valence-corrected chi connectivity index (χ0v) is 16.8. The Morgan fingerprint density at radius 3 is 2.56 bits per heavy atom. The molecule has 0 aromatic carbocycles. The lowest BCUT2D eigenvalue weighted by atomic mass is 10.1. The molecule has 0 fully saturated rings. The summed E-state index contributed by atoms with van der Waals surface area (Å²) in [5, 5.41) is 5.65. The van der Waals surface area contributed by atoms with Crippen LogP contribution in [-0.2, 0) is 0 Å². The summed E-state index contributed by atoms with van der Waals surface area (Å²) in [7, 11) is 0. The van der Waals surface area contributed by atoms with E-state index in [9.17, 15) is 4.79 Å². The Morgan fingerprint density at radius 1 is 1.24 bits per heavy atom. The van der Waals surface area contributed by atoms with Crippen LogP contribution in [0.4, 0.5) is 0 Å². The minimum Gasteiger partial charge on any atom is -0.351 e. The van der Waals surface area contributed by atoms with Gasteiger partial charge in [0.15, 0.2) is 0 Å². The van der Waals surface area contributed by atoms with Crippen molar-refractivity contribution in [1.29, 1.82) is 0 Å². The summed E-state index contributed by atoms with van der Waals surface area (Å²) < 4.78 is 0. The van der Waals surface area contributed by atoms with Gasteiger partial charge in [0.05, 0.1) is 0 Å². The topological polar surface area (TPSA) is 42.0 Å². The maximum Gasteiger partial charge on any atom is 0.270 e. The van der Waals surface area contributed by atoms with Crippen LogP contribution >= 0.6 is 11.3 Å². The number of amides is 1. The van der Waals surface area contributed by atoms with Crippen LogP contribution in [0.5, 0.6) is 0 Å². The highest BCUT2D eigenvalue weighted by molar-refractivity contribution is 7.11. The number of nitrogens with one attached hydrogen (secondary N) is 1. The third-order valence-electron chi connectivity index (χ3n) is 3.80. The van der Waals surface area contributed by atoms with Gasteiger partial charge in [0.1, 0.15) is 10.7 Å². The standard InChI is InChI=1S/C21H32N2OS/c1-5-7-8-9-10-11-12-14-22-20(24)19-16-25-21(23-19)18(13-6-2)15-17(3)4/h6,13,15-16H,3,5,7-12,14H2,1-2,4H3,(H,22,24)/b13-6-,18-15+. The van der Waals surface area contributed by atoms with E-state index >= 15 is 0 Å². The Balaban J connectivity index is 2.42. The first-order chi connectivity index (χ1) is 12.1. The van der Waals surface area contributed by atoms with Gasteiger partial charge < -0.3 is 5.32 Å². The highest BCUT2D eigenvalue weighted by Crippen LogP contribution is 2.22. The fourth-order valence-corrected chi connectivity index (χ4v) is 3.31. The van der Waals surface area contributed by atoms with Crippen molar-refractivity contribution in [2.45, 2.75) is 65.7 Å². The summed E-state index contributed by atoms with van der Waals surface area (Å²) in [5.74, 6) is -0.0800. The van der Waals surface area contributed by atoms with Gasteiger partial charge in [-0.3, -0.25) is 4.79 Å². The van der Waals surface area contributed by atoms with E-state index in [1.807, 2.05) is 37.5 Å². The molecule has 1 aromatic heterocycles. The molecule has 0 atom stereocenters. The molecular weight excluding hydrogens is 328 g/mol. The SMILES string of the molecule is C=C(C)/C=C(\C=C/C)c1nc(C(=O)NCCCCCCCCC)cs1. The number of hydrogen-bond donors (Lipinski definition) is 1. The summed E-state index contributed by atoms with van der Waals surface area (Å²) >= 11 is 1.49. The minimum absolute atomic E-state index is 0.0800. The molecule has 0 aliphatic carbocycles. The summed E-state index contributed by atoms with van der Waals surface area (Å²) in [6.45, 7) is 10.8. The molecule has 1 N–H and O–H groups in total. The van der Waals surface area contributed by atoms with Gasteiger partial charge in [-0.1, -0.05) is 69.8 Å². The van der Waals surface area contributed by atoms with E-state index in [1.165, 1.54) is 49.9 Å². The van der Waals surface area contributed by atoms with Gasteiger partial charge in [0.25, 0.3) is 5.91 Å². The minimum atomic E-state index is -0.0800. The number of rotatable bonds is 12. The molecule has 1 amide bonds. The van der Waals surface area contributed by atoms with Gasteiger partial charge in [-0.2, -0.15) is 0 Å². The van der Waals surface area contributed by atoms with Gasteiger partial charge in [-0.15, -0.1) is 11.3 Å². The molecule has 25 heavy (non-hydrogen) atoms. The lowest BCUT2D eigenvalue weighted by Gasteiger charge is -2.03. The van der Waals surface area contributed by atoms with Crippen molar-refractivity contribution in [3.05, 3.63) is 46.5 Å². The summed E-state index contributed by atoms with van der Waals surface area (Å²) in [4.78, 5) is 16.7. The average Bonchev–Trinajstić information content (AvgIpc) is 3.06. The number of thiazole rings is 1. The second-order valence-electron chi connectivity index (χ2n) is 6.36. The Bertz CT molecular complexity index is 599. The predicted molar refractivity (Wildman–Crippen MR) is 110 cm³/mol. The lowest BCUT2D eigenvalue weighted by Crippen LogP contribution is -2.24. The molecule has 0 spiro atoms. The quantitative estimate of drug-likeness (QED) is 0.358. The monoisotopic (exact) mass is 360 g/mol. The van der Waals surface area contributed by atoms with E-state index in [-0.39, 0.29) is 5.91 Å². The van der Waals surface area contributed by atoms with Gasteiger partial charge in [0.2, 0.25) is 0 Å². The summed E-state index contributed by atoms with van der Waals surface area (Å²) in [5.41, 5.74) is 2.46. The normalized spacial score (nSPS) is 11.9. The Kier molecular flexibility index (Phi) is 10.8. The van der Waals surface area contributed by atoms with Crippen molar-refractivity contribution < 1.29 is 4.79 Å². The predicted octanol–water partition coefficient (Wildman–Crippen LogP) is 6.16. The number of allylic oxidation sites excluding steroid dienone is 5. The van der Waals surface area contributed by atoms with Crippen LogP contribution < -0.4 is 5.32 Å². The van der Waals surface area contributed by atoms with Crippen molar-refractivity contribution in [1.82, 2.24) is 10.3 Å². The first-order valence-corrected chi connectivity index (χ1v) is 10.2. The van der Waals surface area contributed by atoms with E-state index < -0.39 is 0 Å². The fraction of sp³-hybridized carbons (Fsp3) is 0.524. The molecule has 0 radical (unpaired) electrons. The zero-order chi connectivity index (χ0) is 18.5. The van der Waals surface area contributed by atoms with Crippen molar-refractivity contribution in [3.8, 4) is 0 Å². The maximum atomic E-state index is 12.2. The van der Waals surface area contributed by atoms with Crippen LogP contribution in [0, 0.1) is 0 Å². The Labute approximate surface area is 157 Å². The molecule has 0 aliphatic heterocycles. The van der Waals surface area contributed by atoms with Crippen LogP contribution in [-0.4, -0.2) is 17.4 Å². The average molecular weight is 361 g/mol. The second-order valence-corrected chi connectivity index (χ2v) is 7.22. The van der Waals surface area contributed by atoms with Crippen molar-refractivity contribution in [3.63, 3.8) is 0 Å². The van der Waals surface area contributed by atoms with Crippen LogP contribution in [0.3, 0.4) is 0 Å². The second kappa shape index (κ2) is 12.6. The number of carbonyl (C=O) groups excluding carboxylic acids is 1. The molecule has 1 rings (SSSR count). The third-order valence-corrected chi connectivity index (χ3v) is 4.69. The molecule has 4 heteroatoms. The van der Waals surface area contributed by atoms with Gasteiger partial charge >= 0.3 is 0 Å². The molecule has 0 saturated heterocycles. The van der Waals surface area contributed by atoms with Gasteiger partial charge in [0, 0.05) is 17.5 Å². The van der Waals surface area contributed by atoms with Crippen molar-refractivity contribution in [2.75, 3.05) is 6.54 Å². The molecule has 0 aliphatic rings. The van der Waals surface area contributed by atoms with Crippen LogP contribution in [0.25, 0.3) is 5.57 Å². The van der Waals surface area contributed by atoms with E-state index in [4.69, 9.17) is 0 Å². The maximum absolute atomic E-state index is 12.2. The number of unbranched alkanes of at least 4 members (excludes halogenated alkanes) is 6. The molecule has 1 aromatic rings. The number of nitrogens with zero attached hydrogens (tertiary/aromatic N) is 1. The molecule has 0 saturated carbocycles.